The van der Waals surface area contributed by atoms with Crippen molar-refractivity contribution in [3.8, 4) is 0 Å². The smallest absolute Gasteiger partial charge is 0.342 e. The van der Waals surface area contributed by atoms with Gasteiger partial charge in [-0.15, -0.1) is 0 Å². The van der Waals surface area contributed by atoms with E-state index >= 15 is 0 Å². The number of nitro groups is 1. The van der Waals surface area contributed by atoms with Crippen molar-refractivity contribution in [1.29, 1.82) is 0 Å². The van der Waals surface area contributed by atoms with Gasteiger partial charge in [-0.05, 0) is 22.4 Å². The minimum Gasteiger partial charge on any atom is -0.477 e. The molecule has 2 aromatic rings. The fourth-order valence-electron chi connectivity index (χ4n) is 1.45. The molecule has 0 aromatic carbocycles. The van der Waals surface area contributed by atoms with Gasteiger partial charge < -0.3 is 10.4 Å². The zero-order valence-electron chi connectivity index (χ0n) is 9.57. The highest BCUT2D eigenvalue weighted by Gasteiger charge is 2.20. The maximum Gasteiger partial charge on any atom is 0.342 e. The molecule has 0 atom stereocenters. The Hall–Kier alpha value is -2.48. The first-order valence-electron chi connectivity index (χ1n) is 5.20. The third-order valence-electron chi connectivity index (χ3n) is 2.36. The van der Waals surface area contributed by atoms with E-state index in [2.05, 4.69) is 10.3 Å². The van der Waals surface area contributed by atoms with Crippen molar-refractivity contribution in [3.05, 3.63) is 50.3 Å². The molecule has 0 fully saturated rings. The second-order valence-corrected chi connectivity index (χ2v) is 4.41. The van der Waals surface area contributed by atoms with Gasteiger partial charge in [0.25, 0.3) is 0 Å². The van der Waals surface area contributed by atoms with Gasteiger partial charge in [-0.3, -0.25) is 10.1 Å². The van der Waals surface area contributed by atoms with Crippen LogP contribution in [-0.4, -0.2) is 21.0 Å². The summed E-state index contributed by atoms with van der Waals surface area (Å²) in [5.74, 6) is -1.07. The number of hydrogen-bond donors (Lipinski definition) is 2. The second kappa shape index (κ2) is 5.44. The number of thiophene rings is 1. The summed E-state index contributed by atoms with van der Waals surface area (Å²) < 4.78 is 0. The Bertz CT molecular complexity index is 612. The highest BCUT2D eigenvalue weighted by atomic mass is 32.1. The molecule has 0 aliphatic carbocycles. The average Bonchev–Trinajstić information content (AvgIpc) is 2.88. The first-order chi connectivity index (χ1) is 9.08. The van der Waals surface area contributed by atoms with E-state index in [0.717, 1.165) is 17.8 Å². The van der Waals surface area contributed by atoms with Gasteiger partial charge in [0.2, 0.25) is 0 Å². The van der Waals surface area contributed by atoms with Crippen LogP contribution >= 0.6 is 11.3 Å². The first kappa shape index (κ1) is 13.0. The molecular formula is C11H9N3O4S. The predicted molar refractivity (Wildman–Crippen MR) is 69.5 cm³/mol. The summed E-state index contributed by atoms with van der Waals surface area (Å²) in [5.41, 5.74) is 0.128. The van der Waals surface area contributed by atoms with Crippen molar-refractivity contribution in [2.24, 2.45) is 0 Å². The van der Waals surface area contributed by atoms with E-state index in [1.54, 1.807) is 11.3 Å². The number of hydrogen-bond acceptors (Lipinski definition) is 6. The average molecular weight is 279 g/mol. The standard InChI is InChI=1S/C11H9N3O4S/c15-11(16)8-3-10(13-5-9(8)14(17)18)12-4-7-1-2-19-6-7/h1-3,5-6H,4H2,(H,12,13)(H,15,16). The van der Waals surface area contributed by atoms with Gasteiger partial charge in [0.15, 0.2) is 0 Å². The van der Waals surface area contributed by atoms with Crippen LogP contribution < -0.4 is 5.32 Å². The summed E-state index contributed by atoms with van der Waals surface area (Å²) >= 11 is 1.55. The van der Waals surface area contributed by atoms with E-state index in [0.29, 0.717) is 6.54 Å². The van der Waals surface area contributed by atoms with Crippen molar-refractivity contribution >= 4 is 28.8 Å². The van der Waals surface area contributed by atoms with Crippen LogP contribution in [-0.2, 0) is 6.54 Å². The van der Waals surface area contributed by atoms with Crippen molar-refractivity contribution in [1.82, 2.24) is 4.98 Å². The Morgan fingerprint density at radius 3 is 2.95 bits per heavy atom. The summed E-state index contributed by atoms with van der Waals surface area (Å²) in [6, 6.07) is 3.08. The SMILES string of the molecule is O=C(O)c1cc(NCc2ccsc2)ncc1[N+](=O)[O-]. The quantitative estimate of drug-likeness (QED) is 0.643. The molecule has 0 saturated carbocycles. The van der Waals surface area contributed by atoms with E-state index < -0.39 is 16.6 Å². The molecule has 0 amide bonds. The van der Waals surface area contributed by atoms with Gasteiger partial charge in [0, 0.05) is 12.6 Å². The molecule has 2 heterocycles. The zero-order valence-corrected chi connectivity index (χ0v) is 10.4. The van der Waals surface area contributed by atoms with E-state index in [1.165, 1.54) is 0 Å². The summed E-state index contributed by atoms with van der Waals surface area (Å²) in [5, 5.41) is 26.4. The molecule has 0 aliphatic rings. The van der Waals surface area contributed by atoms with Crippen molar-refractivity contribution in [3.63, 3.8) is 0 Å². The summed E-state index contributed by atoms with van der Waals surface area (Å²) in [6.45, 7) is 0.480. The van der Waals surface area contributed by atoms with Crippen molar-refractivity contribution < 1.29 is 14.8 Å². The largest absolute Gasteiger partial charge is 0.477 e. The fraction of sp³-hybridized carbons (Fsp3) is 0.0909. The third kappa shape index (κ3) is 3.05. The molecule has 2 aromatic heterocycles. The number of anilines is 1. The van der Waals surface area contributed by atoms with Gasteiger partial charge in [-0.1, -0.05) is 0 Å². The van der Waals surface area contributed by atoms with Gasteiger partial charge in [-0.2, -0.15) is 11.3 Å². The molecule has 2 N–H and O–H groups in total. The van der Waals surface area contributed by atoms with Crippen LogP contribution in [0.2, 0.25) is 0 Å². The number of carboxylic acids is 1. The minimum atomic E-state index is -1.35. The van der Waals surface area contributed by atoms with Crippen LogP contribution in [0.5, 0.6) is 0 Å². The Morgan fingerprint density at radius 1 is 1.58 bits per heavy atom. The number of rotatable bonds is 5. The maximum absolute atomic E-state index is 11.0. The van der Waals surface area contributed by atoms with Crippen LogP contribution in [0.25, 0.3) is 0 Å². The zero-order chi connectivity index (χ0) is 13.8. The topological polar surface area (TPSA) is 105 Å². The van der Waals surface area contributed by atoms with Gasteiger partial charge in [-0.25, -0.2) is 9.78 Å². The summed E-state index contributed by atoms with van der Waals surface area (Å²) in [6.07, 6.45) is 0.944. The summed E-state index contributed by atoms with van der Waals surface area (Å²) in [7, 11) is 0. The number of pyridine rings is 1. The monoisotopic (exact) mass is 279 g/mol. The summed E-state index contributed by atoms with van der Waals surface area (Å²) in [4.78, 5) is 24.7. The molecule has 98 valence electrons. The van der Waals surface area contributed by atoms with E-state index in [9.17, 15) is 14.9 Å². The first-order valence-corrected chi connectivity index (χ1v) is 6.15. The van der Waals surface area contributed by atoms with Crippen LogP contribution in [0.1, 0.15) is 15.9 Å². The number of nitrogens with one attached hydrogen (secondary N) is 1. The molecule has 0 spiro atoms. The normalized spacial score (nSPS) is 10.1. The number of aromatic carboxylic acids is 1. The second-order valence-electron chi connectivity index (χ2n) is 3.63. The predicted octanol–water partition coefficient (Wildman–Crippen LogP) is 2.36. The lowest BCUT2D eigenvalue weighted by atomic mass is 10.2. The maximum atomic E-state index is 11.0. The van der Waals surface area contributed by atoms with Crippen LogP contribution in [0.3, 0.4) is 0 Å². The number of nitrogens with zero attached hydrogens (tertiary/aromatic N) is 2. The van der Waals surface area contributed by atoms with E-state index in [1.807, 2.05) is 16.8 Å². The number of aromatic nitrogens is 1. The molecule has 19 heavy (non-hydrogen) atoms. The Labute approximate surface area is 111 Å². The number of carboxylic acid groups (broad SMARTS) is 1. The van der Waals surface area contributed by atoms with Crippen molar-refractivity contribution in [2.75, 3.05) is 5.32 Å². The number of carbonyl (C=O) groups is 1. The Balaban J connectivity index is 2.20. The lowest BCUT2D eigenvalue weighted by Gasteiger charge is -2.05. The molecular weight excluding hydrogens is 270 g/mol. The van der Waals surface area contributed by atoms with E-state index in [-0.39, 0.29) is 11.4 Å². The molecule has 0 radical (unpaired) electrons. The molecule has 0 saturated heterocycles. The van der Waals surface area contributed by atoms with Gasteiger partial charge >= 0.3 is 11.7 Å². The van der Waals surface area contributed by atoms with Crippen LogP contribution in [0.4, 0.5) is 11.5 Å². The van der Waals surface area contributed by atoms with Crippen LogP contribution in [0.15, 0.2) is 29.1 Å². The molecule has 0 bridgehead atoms. The third-order valence-corrected chi connectivity index (χ3v) is 3.10. The molecule has 0 unspecified atom stereocenters. The van der Waals surface area contributed by atoms with Gasteiger partial charge in [0.1, 0.15) is 17.6 Å². The Morgan fingerprint density at radius 2 is 2.37 bits per heavy atom. The lowest BCUT2D eigenvalue weighted by Crippen LogP contribution is -2.07. The highest BCUT2D eigenvalue weighted by Crippen LogP contribution is 2.20. The van der Waals surface area contributed by atoms with Gasteiger partial charge in [0.05, 0.1) is 4.92 Å². The lowest BCUT2D eigenvalue weighted by molar-refractivity contribution is -0.385. The molecule has 7 nitrogen and oxygen atoms in total. The van der Waals surface area contributed by atoms with Crippen molar-refractivity contribution in [2.45, 2.75) is 6.54 Å². The van der Waals surface area contributed by atoms with E-state index in [4.69, 9.17) is 5.11 Å². The molecule has 0 aliphatic heterocycles. The molecule has 8 heteroatoms. The molecule has 2 rings (SSSR count). The fourth-order valence-corrected chi connectivity index (χ4v) is 2.12. The highest BCUT2D eigenvalue weighted by molar-refractivity contribution is 7.07. The Kier molecular flexibility index (Phi) is 3.71. The van der Waals surface area contributed by atoms with Crippen LogP contribution in [0, 0.1) is 10.1 Å². The minimum absolute atomic E-state index is 0.286.